The van der Waals surface area contributed by atoms with Crippen LogP contribution in [0.1, 0.15) is 135 Å². The van der Waals surface area contributed by atoms with Crippen LogP contribution in [0.25, 0.3) is 38.6 Å². The number of imidazole rings is 1. The van der Waals surface area contributed by atoms with Gasteiger partial charge in [0.1, 0.15) is 5.65 Å². The van der Waals surface area contributed by atoms with Gasteiger partial charge in [-0.25, -0.2) is 4.98 Å². The first-order valence-corrected chi connectivity index (χ1v) is 23.5. The van der Waals surface area contributed by atoms with E-state index in [0.717, 1.165) is 28.1 Å². The van der Waals surface area contributed by atoms with Crippen LogP contribution < -0.4 is 0 Å². The van der Waals surface area contributed by atoms with Gasteiger partial charge in [-0.15, -0.1) is 0 Å². The fraction of sp³-hybridized carbons (Fsp3) is 0.271. The Morgan fingerprint density at radius 3 is 1.59 bits per heavy atom. The number of aromatic nitrogens is 4. The number of rotatable bonds is 9. The summed E-state index contributed by atoms with van der Waals surface area (Å²) in [6, 6.07) is 58.1. The molecule has 2 atom stereocenters. The van der Waals surface area contributed by atoms with Crippen LogP contribution in [0.15, 0.2) is 170 Å². The van der Waals surface area contributed by atoms with Crippen LogP contribution in [0.2, 0.25) is 0 Å². The Morgan fingerprint density at radius 1 is 0.460 bits per heavy atom. The third kappa shape index (κ3) is 6.60. The van der Waals surface area contributed by atoms with Gasteiger partial charge in [0.05, 0.1) is 39.1 Å². The molecule has 5 aromatic carbocycles. The molecule has 0 saturated heterocycles. The van der Waals surface area contributed by atoms with Gasteiger partial charge >= 0.3 is 0 Å². The third-order valence-electron chi connectivity index (χ3n) is 15.1. The molecule has 4 heterocycles. The number of hydrogen-bond donors (Lipinski definition) is 0. The number of nitrogens with zero attached hydrogens (tertiary/aromatic N) is 4. The van der Waals surface area contributed by atoms with Crippen molar-refractivity contribution in [1.29, 1.82) is 0 Å². The second-order valence-electron chi connectivity index (χ2n) is 18.6. The maximum atomic E-state index is 6.14. The highest BCUT2D eigenvalue weighted by molar-refractivity contribution is 6.13. The molecule has 63 heavy (non-hydrogen) atoms. The summed E-state index contributed by atoms with van der Waals surface area (Å²) in [7, 11) is 0. The molecule has 2 fully saturated rings. The molecule has 0 aliphatic heterocycles. The highest BCUT2D eigenvalue weighted by Crippen LogP contribution is 2.51. The van der Waals surface area contributed by atoms with E-state index in [2.05, 4.69) is 164 Å². The van der Waals surface area contributed by atoms with E-state index >= 15 is 0 Å². The van der Waals surface area contributed by atoms with E-state index in [-0.39, 0.29) is 0 Å². The minimum atomic E-state index is -0.690. The van der Waals surface area contributed by atoms with E-state index in [9.17, 15) is 0 Å². The fourth-order valence-electron chi connectivity index (χ4n) is 11.7. The molecule has 9 aromatic rings. The molecule has 4 nitrogen and oxygen atoms in total. The van der Waals surface area contributed by atoms with Gasteiger partial charge in [-0.05, 0) is 121 Å². The van der Waals surface area contributed by atoms with E-state index < -0.39 is 10.8 Å². The quantitative estimate of drug-likeness (QED) is 0.136. The lowest BCUT2D eigenvalue weighted by molar-refractivity contribution is 0.436. The lowest BCUT2D eigenvalue weighted by Gasteiger charge is -2.33. The number of fused-ring (bicyclic) bond motifs is 6. The van der Waals surface area contributed by atoms with Crippen LogP contribution in [0.4, 0.5) is 0 Å². The maximum absolute atomic E-state index is 6.14. The van der Waals surface area contributed by atoms with Crippen molar-refractivity contribution in [3.05, 3.63) is 215 Å². The van der Waals surface area contributed by atoms with E-state index in [1.165, 1.54) is 120 Å². The molecule has 2 aliphatic carbocycles. The van der Waals surface area contributed by atoms with E-state index in [0.29, 0.717) is 11.8 Å². The van der Waals surface area contributed by atoms with Gasteiger partial charge in [0.25, 0.3) is 0 Å². The lowest BCUT2D eigenvalue weighted by Crippen LogP contribution is -2.28. The van der Waals surface area contributed by atoms with Gasteiger partial charge < -0.3 is 0 Å². The zero-order valence-electron chi connectivity index (χ0n) is 36.7. The van der Waals surface area contributed by atoms with Crippen LogP contribution in [0.3, 0.4) is 0 Å². The molecule has 11 rings (SSSR count). The Morgan fingerprint density at radius 2 is 1.00 bits per heavy atom. The van der Waals surface area contributed by atoms with Gasteiger partial charge in [0.15, 0.2) is 0 Å². The van der Waals surface area contributed by atoms with E-state index in [4.69, 9.17) is 15.0 Å². The summed E-state index contributed by atoms with van der Waals surface area (Å²) in [5.41, 5.74) is 13.2. The first kappa shape index (κ1) is 39.5. The van der Waals surface area contributed by atoms with Crippen LogP contribution >= 0.6 is 0 Å². The van der Waals surface area contributed by atoms with E-state index in [1.54, 1.807) is 0 Å². The summed E-state index contributed by atoms with van der Waals surface area (Å²) in [4.78, 5) is 16.4. The fourth-order valence-corrected chi connectivity index (χ4v) is 11.7. The second-order valence-corrected chi connectivity index (χ2v) is 18.6. The van der Waals surface area contributed by atoms with E-state index in [1.807, 2.05) is 24.5 Å². The molecule has 4 aromatic heterocycles. The van der Waals surface area contributed by atoms with Gasteiger partial charge in [-0.3, -0.25) is 14.4 Å². The molecule has 0 radical (unpaired) electrons. The van der Waals surface area contributed by atoms with Crippen molar-refractivity contribution in [3.63, 3.8) is 0 Å². The topological polar surface area (TPSA) is 43.1 Å². The van der Waals surface area contributed by atoms with Crippen LogP contribution in [0, 0.1) is 0 Å². The zero-order chi connectivity index (χ0) is 42.4. The smallest absolute Gasteiger partial charge is 0.146 e. The van der Waals surface area contributed by atoms with Crippen molar-refractivity contribution < 1.29 is 0 Å². The Labute approximate surface area is 372 Å². The Bertz CT molecular complexity index is 2920. The highest BCUT2D eigenvalue weighted by Gasteiger charge is 2.41. The normalized spacial score (nSPS) is 17.2. The molecule has 2 aliphatic rings. The van der Waals surface area contributed by atoms with Crippen LogP contribution in [-0.2, 0) is 10.8 Å². The predicted molar refractivity (Wildman–Crippen MR) is 260 cm³/mol. The molecule has 0 amide bonds. The van der Waals surface area contributed by atoms with Crippen LogP contribution in [-0.4, -0.2) is 19.4 Å². The molecule has 0 N–H and O–H groups in total. The zero-order valence-corrected chi connectivity index (χ0v) is 36.7. The van der Waals surface area contributed by atoms with Crippen molar-refractivity contribution in [3.8, 4) is 11.3 Å². The minimum absolute atomic E-state index is 0.497. The van der Waals surface area contributed by atoms with Gasteiger partial charge in [0, 0.05) is 28.7 Å². The lowest BCUT2D eigenvalue weighted by atomic mass is 9.72. The molecule has 0 bridgehead atoms. The summed E-state index contributed by atoms with van der Waals surface area (Å²) in [5.74, 6) is 0.994. The standard InChI is InChI=1S/C59H56N4/c1-58(43-26-11-5-12-27-43,52-34-17-19-38-60-52)45-36-37-48-49-30-15-16-33-51(49)63-55(54-46(41-22-7-3-8-23-41)31-21-32-47(54)42-24-9-4-10-25-42)56(62-57(63)50(48)40-45)59(2,44-28-13-6-14-29-44)53-35-18-20-39-61-53/h5-6,11-21,26-42H,3-4,7-10,22-25H2,1-2H3/t58?,59-/m1/s1. The highest BCUT2D eigenvalue weighted by atomic mass is 15.0. The number of para-hydroxylation sites is 1. The van der Waals surface area contributed by atoms with Gasteiger partial charge in [-0.1, -0.05) is 160 Å². The minimum Gasteiger partial charge on any atom is -0.291 e. The monoisotopic (exact) mass is 820 g/mol. The van der Waals surface area contributed by atoms with Crippen LogP contribution in [0.5, 0.6) is 0 Å². The summed E-state index contributed by atoms with van der Waals surface area (Å²) in [6.07, 6.45) is 16.5. The largest absolute Gasteiger partial charge is 0.291 e. The van der Waals surface area contributed by atoms with Crippen molar-refractivity contribution in [2.75, 3.05) is 0 Å². The summed E-state index contributed by atoms with van der Waals surface area (Å²) >= 11 is 0. The number of hydrogen-bond acceptors (Lipinski definition) is 3. The first-order chi connectivity index (χ1) is 31.0. The van der Waals surface area contributed by atoms with Crippen molar-refractivity contribution in [2.45, 2.75) is 101 Å². The Balaban J connectivity index is 1.32. The molecule has 0 spiro atoms. The SMILES string of the molecule is CC(c1ccccc1)(c1ccc2c3ccccc3n3c(-c4c(C5CCCCC5)cccc4C4CCCCC4)c([C@](C)(c4ccccc4)c4ccccn4)nc3c2c1)c1ccccn1. The Hall–Kier alpha value is -6.39. The molecule has 1 unspecified atom stereocenters. The van der Waals surface area contributed by atoms with Crippen molar-refractivity contribution >= 4 is 27.3 Å². The van der Waals surface area contributed by atoms with Crippen molar-refractivity contribution in [1.82, 2.24) is 19.4 Å². The predicted octanol–water partition coefficient (Wildman–Crippen LogP) is 14.9. The molecule has 2 saturated carbocycles. The first-order valence-electron chi connectivity index (χ1n) is 23.5. The molecular weight excluding hydrogens is 765 g/mol. The number of benzene rings is 5. The maximum Gasteiger partial charge on any atom is 0.146 e. The van der Waals surface area contributed by atoms with Crippen molar-refractivity contribution in [2.24, 2.45) is 0 Å². The molecule has 4 heteroatoms. The van der Waals surface area contributed by atoms with Gasteiger partial charge in [-0.2, -0.15) is 0 Å². The summed E-state index contributed by atoms with van der Waals surface area (Å²) in [5, 5.41) is 3.57. The average molecular weight is 821 g/mol. The summed E-state index contributed by atoms with van der Waals surface area (Å²) < 4.78 is 2.59. The molecule has 312 valence electrons. The number of pyridine rings is 3. The summed E-state index contributed by atoms with van der Waals surface area (Å²) in [6.45, 7) is 4.71. The van der Waals surface area contributed by atoms with Gasteiger partial charge in [0.2, 0.25) is 0 Å². The second kappa shape index (κ2) is 16.4. The Kier molecular flexibility index (Phi) is 10.3. The average Bonchev–Trinajstić information content (AvgIpc) is 3.78. The third-order valence-corrected chi connectivity index (χ3v) is 15.1. The molecular formula is C59H56N4.